The highest BCUT2D eigenvalue weighted by Gasteiger charge is 2.07. The van der Waals surface area contributed by atoms with E-state index in [1.807, 2.05) is 48.3 Å². The number of amidine groups is 1. The monoisotopic (exact) mass is 271 g/mol. The molecule has 0 aliphatic carbocycles. The maximum absolute atomic E-state index is 7.49. The fraction of sp³-hybridized carbons (Fsp3) is 0.333. The number of aromatic nitrogens is 2. The van der Waals surface area contributed by atoms with Crippen LogP contribution in [0.5, 0.6) is 0 Å². The molecule has 106 valence electrons. The predicted octanol–water partition coefficient (Wildman–Crippen LogP) is 2.38. The highest BCUT2D eigenvalue weighted by Crippen LogP contribution is 2.17. The lowest BCUT2D eigenvalue weighted by atomic mass is 10.1. The average Bonchev–Trinajstić information content (AvgIpc) is 2.87. The summed E-state index contributed by atoms with van der Waals surface area (Å²) in [5.41, 5.74) is 8.31. The second-order valence-electron chi connectivity index (χ2n) is 5.20. The van der Waals surface area contributed by atoms with Crippen LogP contribution >= 0.6 is 0 Å². The highest BCUT2D eigenvalue weighted by atomic mass is 15.3. The maximum atomic E-state index is 7.49. The average molecular weight is 271 g/mol. The second kappa shape index (κ2) is 5.77. The van der Waals surface area contributed by atoms with Crippen molar-refractivity contribution in [2.24, 2.45) is 5.73 Å². The van der Waals surface area contributed by atoms with Gasteiger partial charge in [-0.05, 0) is 32.0 Å². The minimum Gasteiger partial charge on any atom is -0.384 e. The molecule has 0 aliphatic heterocycles. The van der Waals surface area contributed by atoms with Gasteiger partial charge in [0.15, 0.2) is 0 Å². The van der Waals surface area contributed by atoms with Gasteiger partial charge in [0.25, 0.3) is 0 Å². The standard InChI is InChI=1S/C15H21N5/c1-11(2)20-8-7-13(18-20)10-19(3)14-6-4-5-12(9-14)15(16)17/h4-9,11H,10H2,1-3H3,(H3,16,17). The lowest BCUT2D eigenvalue weighted by Gasteiger charge is -2.18. The maximum Gasteiger partial charge on any atom is 0.122 e. The summed E-state index contributed by atoms with van der Waals surface area (Å²) in [6.07, 6.45) is 2.00. The molecule has 5 nitrogen and oxygen atoms in total. The molecule has 0 bridgehead atoms. The summed E-state index contributed by atoms with van der Waals surface area (Å²) in [7, 11) is 2.01. The highest BCUT2D eigenvalue weighted by molar-refractivity contribution is 5.95. The Hall–Kier alpha value is -2.30. The van der Waals surface area contributed by atoms with Crippen molar-refractivity contribution in [3.05, 3.63) is 47.8 Å². The Bertz CT molecular complexity index is 600. The van der Waals surface area contributed by atoms with Crippen molar-refractivity contribution < 1.29 is 0 Å². The Morgan fingerprint density at radius 3 is 2.75 bits per heavy atom. The number of hydrogen-bond donors (Lipinski definition) is 2. The molecular formula is C15H21N5. The van der Waals surface area contributed by atoms with Crippen LogP contribution in [0.1, 0.15) is 31.1 Å². The predicted molar refractivity (Wildman–Crippen MR) is 82.2 cm³/mol. The summed E-state index contributed by atoms with van der Waals surface area (Å²) in [6, 6.07) is 10.1. The third-order valence-electron chi connectivity index (χ3n) is 3.19. The van der Waals surface area contributed by atoms with E-state index in [4.69, 9.17) is 11.1 Å². The summed E-state index contributed by atoms with van der Waals surface area (Å²) in [4.78, 5) is 2.10. The Morgan fingerprint density at radius 2 is 2.15 bits per heavy atom. The van der Waals surface area contributed by atoms with Crippen molar-refractivity contribution in [2.75, 3.05) is 11.9 Å². The van der Waals surface area contributed by atoms with E-state index in [9.17, 15) is 0 Å². The van der Waals surface area contributed by atoms with Gasteiger partial charge in [-0.1, -0.05) is 12.1 Å². The molecule has 0 saturated carbocycles. The number of nitrogens with two attached hydrogens (primary N) is 1. The van der Waals surface area contributed by atoms with E-state index in [1.54, 1.807) is 0 Å². The van der Waals surface area contributed by atoms with Gasteiger partial charge in [-0.3, -0.25) is 10.1 Å². The number of nitrogen functional groups attached to an aromatic ring is 1. The lowest BCUT2D eigenvalue weighted by molar-refractivity contribution is 0.526. The third kappa shape index (κ3) is 3.17. The molecule has 0 fully saturated rings. The van der Waals surface area contributed by atoms with Crippen molar-refractivity contribution in [3.63, 3.8) is 0 Å². The van der Waals surface area contributed by atoms with Gasteiger partial charge in [-0.2, -0.15) is 5.10 Å². The van der Waals surface area contributed by atoms with Crippen LogP contribution in [-0.2, 0) is 6.54 Å². The minimum atomic E-state index is 0.0873. The van der Waals surface area contributed by atoms with Crippen LogP contribution in [0.15, 0.2) is 36.5 Å². The first-order valence-corrected chi connectivity index (χ1v) is 6.67. The first-order valence-electron chi connectivity index (χ1n) is 6.67. The molecule has 2 aromatic rings. The van der Waals surface area contributed by atoms with Gasteiger partial charge < -0.3 is 10.6 Å². The molecule has 2 rings (SSSR count). The van der Waals surface area contributed by atoms with Gasteiger partial charge in [0.2, 0.25) is 0 Å². The molecule has 3 N–H and O–H groups in total. The number of benzene rings is 1. The molecule has 20 heavy (non-hydrogen) atoms. The largest absolute Gasteiger partial charge is 0.384 e. The first-order chi connectivity index (χ1) is 9.47. The minimum absolute atomic E-state index is 0.0873. The molecule has 0 unspecified atom stereocenters. The van der Waals surface area contributed by atoms with E-state index in [2.05, 4.69) is 23.8 Å². The number of rotatable bonds is 5. The van der Waals surface area contributed by atoms with Gasteiger partial charge in [-0.25, -0.2) is 0 Å². The van der Waals surface area contributed by atoms with E-state index in [0.29, 0.717) is 6.04 Å². The Balaban J connectivity index is 2.12. The van der Waals surface area contributed by atoms with Crippen molar-refractivity contribution in [3.8, 4) is 0 Å². The van der Waals surface area contributed by atoms with E-state index in [1.165, 1.54) is 0 Å². The van der Waals surface area contributed by atoms with E-state index >= 15 is 0 Å². The van der Waals surface area contributed by atoms with Crippen LogP contribution in [0.4, 0.5) is 5.69 Å². The molecule has 1 aromatic heterocycles. The molecule has 0 aliphatic rings. The van der Waals surface area contributed by atoms with E-state index in [-0.39, 0.29) is 5.84 Å². The van der Waals surface area contributed by atoms with Crippen LogP contribution in [-0.4, -0.2) is 22.7 Å². The zero-order chi connectivity index (χ0) is 14.7. The molecule has 0 saturated heterocycles. The van der Waals surface area contributed by atoms with Gasteiger partial charge >= 0.3 is 0 Å². The number of anilines is 1. The van der Waals surface area contributed by atoms with Crippen molar-refractivity contribution in [1.29, 1.82) is 5.41 Å². The molecule has 0 atom stereocenters. The Labute approximate surface area is 119 Å². The first kappa shape index (κ1) is 14.1. The van der Waals surface area contributed by atoms with Gasteiger partial charge in [0.1, 0.15) is 5.84 Å². The molecule has 5 heteroatoms. The van der Waals surface area contributed by atoms with Crippen LogP contribution in [0.2, 0.25) is 0 Å². The van der Waals surface area contributed by atoms with Crippen LogP contribution < -0.4 is 10.6 Å². The van der Waals surface area contributed by atoms with E-state index < -0.39 is 0 Å². The summed E-state index contributed by atoms with van der Waals surface area (Å²) in [5.74, 6) is 0.0873. The van der Waals surface area contributed by atoms with Crippen molar-refractivity contribution in [2.45, 2.75) is 26.4 Å². The fourth-order valence-electron chi connectivity index (χ4n) is 1.99. The van der Waals surface area contributed by atoms with Crippen LogP contribution in [0, 0.1) is 5.41 Å². The zero-order valence-electron chi connectivity index (χ0n) is 12.2. The molecule has 0 spiro atoms. The topological polar surface area (TPSA) is 70.9 Å². The van der Waals surface area contributed by atoms with E-state index in [0.717, 1.165) is 23.5 Å². The summed E-state index contributed by atoms with van der Waals surface area (Å²) < 4.78 is 1.95. The summed E-state index contributed by atoms with van der Waals surface area (Å²) in [6.45, 7) is 4.94. The molecule has 0 amide bonds. The molecular weight excluding hydrogens is 250 g/mol. The normalized spacial score (nSPS) is 10.8. The molecule has 1 aromatic carbocycles. The lowest BCUT2D eigenvalue weighted by Crippen LogP contribution is -2.18. The number of nitrogens with zero attached hydrogens (tertiary/aromatic N) is 3. The zero-order valence-corrected chi connectivity index (χ0v) is 12.2. The summed E-state index contributed by atoms with van der Waals surface area (Å²) >= 11 is 0. The van der Waals surface area contributed by atoms with Crippen LogP contribution in [0.3, 0.4) is 0 Å². The third-order valence-corrected chi connectivity index (χ3v) is 3.19. The van der Waals surface area contributed by atoms with Gasteiger partial charge in [-0.15, -0.1) is 0 Å². The smallest absolute Gasteiger partial charge is 0.122 e. The van der Waals surface area contributed by atoms with Crippen molar-refractivity contribution >= 4 is 11.5 Å². The number of hydrogen-bond acceptors (Lipinski definition) is 3. The quantitative estimate of drug-likeness (QED) is 0.648. The van der Waals surface area contributed by atoms with Crippen molar-refractivity contribution in [1.82, 2.24) is 9.78 Å². The fourth-order valence-corrected chi connectivity index (χ4v) is 1.99. The summed E-state index contributed by atoms with van der Waals surface area (Å²) in [5, 5.41) is 12.0. The molecule has 1 heterocycles. The van der Waals surface area contributed by atoms with Crippen LogP contribution in [0.25, 0.3) is 0 Å². The SMILES string of the molecule is CC(C)n1ccc(CN(C)c2cccc(C(=N)N)c2)n1. The van der Waals surface area contributed by atoms with Gasteiger partial charge in [0, 0.05) is 30.5 Å². The molecule has 0 radical (unpaired) electrons. The second-order valence-corrected chi connectivity index (χ2v) is 5.20. The Morgan fingerprint density at radius 1 is 1.40 bits per heavy atom. The number of nitrogens with one attached hydrogen (secondary N) is 1. The van der Waals surface area contributed by atoms with Gasteiger partial charge in [0.05, 0.1) is 12.2 Å². The Kier molecular flexibility index (Phi) is 4.08.